The van der Waals surface area contributed by atoms with Crippen LogP contribution in [0, 0.1) is 27.7 Å². The molecule has 0 fully saturated rings. The molecule has 2 rings (SSSR count). The Balaban J connectivity index is 2.37. The van der Waals surface area contributed by atoms with Crippen LogP contribution in [0.3, 0.4) is 0 Å². The van der Waals surface area contributed by atoms with Crippen LogP contribution in [0.4, 0.5) is 17.6 Å². The highest BCUT2D eigenvalue weighted by Gasteiger charge is 2.12. The van der Waals surface area contributed by atoms with Crippen LogP contribution in [0.25, 0.3) is 0 Å². The summed E-state index contributed by atoms with van der Waals surface area (Å²) in [6.07, 6.45) is 0. The zero-order valence-electron chi connectivity index (χ0n) is 15.6. The minimum atomic E-state index is 0.577. The molecule has 0 aliphatic rings. The molecule has 24 heavy (non-hydrogen) atoms. The lowest BCUT2D eigenvalue weighted by atomic mass is 10.1. The van der Waals surface area contributed by atoms with E-state index in [9.17, 15) is 0 Å². The van der Waals surface area contributed by atoms with Crippen molar-refractivity contribution in [1.29, 1.82) is 0 Å². The molecule has 2 aromatic rings. The molecular formula is C19H27N5. The maximum absolute atomic E-state index is 4.61. The summed E-state index contributed by atoms with van der Waals surface area (Å²) < 4.78 is 0. The molecule has 0 aliphatic heterocycles. The van der Waals surface area contributed by atoms with Gasteiger partial charge in [0.15, 0.2) is 0 Å². The van der Waals surface area contributed by atoms with Gasteiger partial charge in [-0.25, -0.2) is 0 Å². The van der Waals surface area contributed by atoms with E-state index in [0.717, 1.165) is 24.4 Å². The molecule has 128 valence electrons. The number of benzene rings is 1. The number of aryl methyl sites for hydroxylation is 4. The molecule has 0 saturated carbocycles. The second kappa shape index (κ2) is 7.43. The van der Waals surface area contributed by atoms with Crippen LogP contribution in [0.15, 0.2) is 24.3 Å². The topological polar surface area (TPSA) is 53.9 Å². The van der Waals surface area contributed by atoms with Gasteiger partial charge in [-0.3, -0.25) is 0 Å². The van der Waals surface area contributed by atoms with E-state index >= 15 is 0 Å². The van der Waals surface area contributed by atoms with Crippen molar-refractivity contribution in [3.05, 3.63) is 46.8 Å². The minimum Gasteiger partial charge on any atom is -0.337 e. The summed E-state index contributed by atoms with van der Waals surface area (Å²) in [7, 11) is 0. The number of likely N-dealkylation sites (N-methyl/N-ethyl adjacent to an activating group) is 1. The highest BCUT2D eigenvalue weighted by atomic mass is 15.3. The number of hydrogen-bond acceptors (Lipinski definition) is 5. The van der Waals surface area contributed by atoms with Crippen molar-refractivity contribution in [3.8, 4) is 0 Å². The van der Waals surface area contributed by atoms with E-state index in [4.69, 9.17) is 0 Å². The molecule has 0 bridgehead atoms. The van der Waals surface area contributed by atoms with Gasteiger partial charge in [-0.05, 0) is 52.7 Å². The summed E-state index contributed by atoms with van der Waals surface area (Å²) >= 11 is 0. The number of aromatic nitrogens is 3. The Morgan fingerprint density at radius 1 is 1.08 bits per heavy atom. The SMILES string of the molecule is C=C(C)CN(CC)c1nc(C)nc(Nc2c(C)cc(C)cc2C)n1. The molecule has 1 aromatic heterocycles. The van der Waals surface area contributed by atoms with Gasteiger partial charge < -0.3 is 10.2 Å². The lowest BCUT2D eigenvalue weighted by molar-refractivity contribution is 0.814. The molecular weight excluding hydrogens is 298 g/mol. The lowest BCUT2D eigenvalue weighted by Gasteiger charge is -2.21. The van der Waals surface area contributed by atoms with Crippen LogP contribution in [0.5, 0.6) is 0 Å². The summed E-state index contributed by atoms with van der Waals surface area (Å²) in [4.78, 5) is 15.6. The third kappa shape index (κ3) is 4.31. The molecule has 1 N–H and O–H groups in total. The fourth-order valence-corrected chi connectivity index (χ4v) is 2.80. The number of hydrogen-bond donors (Lipinski definition) is 1. The van der Waals surface area contributed by atoms with E-state index in [-0.39, 0.29) is 0 Å². The number of rotatable bonds is 6. The predicted molar refractivity (Wildman–Crippen MR) is 101 cm³/mol. The monoisotopic (exact) mass is 325 g/mol. The zero-order valence-corrected chi connectivity index (χ0v) is 15.6. The van der Waals surface area contributed by atoms with Gasteiger partial charge in [-0.15, -0.1) is 0 Å². The van der Waals surface area contributed by atoms with Crippen LogP contribution in [0.2, 0.25) is 0 Å². The Hall–Kier alpha value is -2.43. The fraction of sp³-hybridized carbons (Fsp3) is 0.421. The lowest BCUT2D eigenvalue weighted by Crippen LogP contribution is -2.27. The summed E-state index contributed by atoms with van der Waals surface area (Å²) in [5, 5.41) is 3.37. The first-order valence-electron chi connectivity index (χ1n) is 8.27. The summed E-state index contributed by atoms with van der Waals surface area (Å²) in [5.74, 6) is 1.95. The van der Waals surface area contributed by atoms with E-state index in [1.54, 1.807) is 0 Å². The quantitative estimate of drug-likeness (QED) is 0.805. The molecule has 0 spiro atoms. The molecule has 0 unspecified atom stereocenters. The molecule has 5 nitrogen and oxygen atoms in total. The number of nitrogens with zero attached hydrogens (tertiary/aromatic N) is 4. The first kappa shape index (κ1) is 17.9. The van der Waals surface area contributed by atoms with Crippen LogP contribution in [-0.2, 0) is 0 Å². The highest BCUT2D eigenvalue weighted by molar-refractivity contribution is 5.64. The molecule has 0 amide bonds. The standard InChI is InChI=1S/C19H27N5/c1-8-24(11-12(2)3)19-21-16(7)20-18(23-19)22-17-14(5)9-13(4)10-15(17)6/h9-10H,2,8,11H2,1,3-7H3,(H,20,21,22,23). The van der Waals surface area contributed by atoms with E-state index in [1.165, 1.54) is 16.7 Å². The normalized spacial score (nSPS) is 10.6. The second-order valence-electron chi connectivity index (χ2n) is 6.38. The largest absolute Gasteiger partial charge is 0.337 e. The molecule has 1 heterocycles. The molecule has 0 saturated heterocycles. The van der Waals surface area contributed by atoms with Crippen LogP contribution in [0.1, 0.15) is 36.4 Å². The van der Waals surface area contributed by atoms with Crippen molar-refractivity contribution in [2.45, 2.75) is 41.5 Å². The van der Waals surface area contributed by atoms with Gasteiger partial charge in [0.1, 0.15) is 5.82 Å². The summed E-state index contributed by atoms with van der Waals surface area (Å²) in [5.41, 5.74) is 5.75. The second-order valence-corrected chi connectivity index (χ2v) is 6.38. The average Bonchev–Trinajstić information content (AvgIpc) is 2.47. The third-order valence-corrected chi connectivity index (χ3v) is 3.77. The number of nitrogens with one attached hydrogen (secondary N) is 1. The Bertz CT molecular complexity index is 728. The van der Waals surface area contributed by atoms with Crippen LogP contribution >= 0.6 is 0 Å². The zero-order chi connectivity index (χ0) is 17.9. The third-order valence-electron chi connectivity index (χ3n) is 3.77. The fourth-order valence-electron chi connectivity index (χ4n) is 2.80. The Morgan fingerprint density at radius 2 is 1.71 bits per heavy atom. The number of anilines is 3. The average molecular weight is 325 g/mol. The summed E-state index contributed by atoms with van der Waals surface area (Å²) in [6, 6.07) is 4.31. The first-order chi connectivity index (χ1) is 11.3. The Labute approximate surface area is 144 Å². The van der Waals surface area contributed by atoms with Crippen molar-refractivity contribution >= 4 is 17.6 Å². The Kier molecular flexibility index (Phi) is 5.54. The van der Waals surface area contributed by atoms with Gasteiger partial charge in [-0.2, -0.15) is 15.0 Å². The van der Waals surface area contributed by atoms with E-state index < -0.39 is 0 Å². The van der Waals surface area contributed by atoms with Crippen LogP contribution in [-0.4, -0.2) is 28.0 Å². The van der Waals surface area contributed by atoms with Crippen molar-refractivity contribution in [2.24, 2.45) is 0 Å². The molecule has 0 radical (unpaired) electrons. The van der Waals surface area contributed by atoms with Crippen molar-refractivity contribution in [3.63, 3.8) is 0 Å². The summed E-state index contributed by atoms with van der Waals surface area (Å²) in [6.45, 7) is 17.8. The van der Waals surface area contributed by atoms with E-state index in [0.29, 0.717) is 17.7 Å². The van der Waals surface area contributed by atoms with E-state index in [2.05, 4.69) is 71.6 Å². The molecule has 0 atom stereocenters. The maximum Gasteiger partial charge on any atom is 0.232 e. The minimum absolute atomic E-state index is 0.577. The van der Waals surface area contributed by atoms with Gasteiger partial charge in [0.05, 0.1) is 0 Å². The van der Waals surface area contributed by atoms with Gasteiger partial charge in [-0.1, -0.05) is 29.8 Å². The van der Waals surface area contributed by atoms with Crippen molar-refractivity contribution < 1.29 is 0 Å². The van der Waals surface area contributed by atoms with Crippen molar-refractivity contribution in [1.82, 2.24) is 15.0 Å². The highest BCUT2D eigenvalue weighted by Crippen LogP contribution is 2.25. The Morgan fingerprint density at radius 3 is 2.25 bits per heavy atom. The van der Waals surface area contributed by atoms with E-state index in [1.807, 2.05) is 13.8 Å². The smallest absolute Gasteiger partial charge is 0.232 e. The van der Waals surface area contributed by atoms with Gasteiger partial charge in [0.25, 0.3) is 0 Å². The first-order valence-corrected chi connectivity index (χ1v) is 8.27. The van der Waals surface area contributed by atoms with Gasteiger partial charge >= 0.3 is 0 Å². The van der Waals surface area contributed by atoms with Gasteiger partial charge in [0.2, 0.25) is 11.9 Å². The molecule has 5 heteroatoms. The molecule has 1 aromatic carbocycles. The van der Waals surface area contributed by atoms with Crippen molar-refractivity contribution in [2.75, 3.05) is 23.3 Å². The van der Waals surface area contributed by atoms with Crippen LogP contribution < -0.4 is 10.2 Å². The van der Waals surface area contributed by atoms with Gasteiger partial charge in [0, 0.05) is 18.8 Å². The molecule has 0 aliphatic carbocycles. The predicted octanol–water partition coefficient (Wildman–Crippen LogP) is 4.25. The maximum atomic E-state index is 4.61.